The molecule has 0 aliphatic carbocycles. The predicted octanol–water partition coefficient (Wildman–Crippen LogP) is 4.49. The summed E-state index contributed by atoms with van der Waals surface area (Å²) >= 11 is 0. The number of hydrogen-bond donors (Lipinski definition) is 1. The Morgan fingerprint density at radius 3 is 2.28 bits per heavy atom. The Hall–Kier alpha value is -2.82. The minimum absolute atomic E-state index is 0.0497. The first-order chi connectivity index (χ1) is 15.3. The lowest BCUT2D eigenvalue weighted by atomic mass is 9.87. The molecule has 0 radical (unpaired) electrons. The molecule has 2 aromatic rings. The molecule has 0 atom stereocenters. The van der Waals surface area contributed by atoms with Crippen LogP contribution in [-0.4, -0.2) is 42.5 Å². The maximum Gasteiger partial charge on any atom is 0.224 e. The standard InChI is InChI=1S/C27H36N2O3/c1-27(2,3)22-11-13-24(14-12-22)32-19-7-10-26(31)29-17-15-23(16-18-29)28-25(30)20-21-8-5-4-6-9-21/h4-6,8-9,11-14,23H,7,10,15-20H2,1-3H3,(H,28,30). The van der Waals surface area contributed by atoms with Gasteiger partial charge in [-0.2, -0.15) is 0 Å². The summed E-state index contributed by atoms with van der Waals surface area (Å²) in [6.45, 7) is 8.50. The van der Waals surface area contributed by atoms with Crippen molar-refractivity contribution >= 4 is 11.8 Å². The van der Waals surface area contributed by atoms with E-state index in [1.54, 1.807) is 0 Å². The van der Waals surface area contributed by atoms with E-state index in [4.69, 9.17) is 4.74 Å². The number of nitrogens with zero attached hydrogens (tertiary/aromatic N) is 1. The van der Waals surface area contributed by atoms with E-state index >= 15 is 0 Å². The van der Waals surface area contributed by atoms with Gasteiger partial charge in [-0.05, 0) is 47.9 Å². The van der Waals surface area contributed by atoms with Crippen molar-refractivity contribution in [1.82, 2.24) is 10.2 Å². The van der Waals surface area contributed by atoms with Crippen LogP contribution in [0.1, 0.15) is 57.6 Å². The minimum Gasteiger partial charge on any atom is -0.494 e. The fourth-order valence-electron chi connectivity index (χ4n) is 3.96. The largest absolute Gasteiger partial charge is 0.494 e. The van der Waals surface area contributed by atoms with E-state index in [9.17, 15) is 9.59 Å². The van der Waals surface area contributed by atoms with Gasteiger partial charge in [-0.25, -0.2) is 0 Å². The van der Waals surface area contributed by atoms with E-state index in [1.807, 2.05) is 47.4 Å². The Morgan fingerprint density at radius 1 is 1.00 bits per heavy atom. The Morgan fingerprint density at radius 2 is 1.66 bits per heavy atom. The number of piperidine rings is 1. The van der Waals surface area contributed by atoms with Gasteiger partial charge >= 0.3 is 0 Å². The molecule has 1 aliphatic rings. The SMILES string of the molecule is CC(C)(C)c1ccc(OCCCC(=O)N2CCC(NC(=O)Cc3ccccc3)CC2)cc1. The molecule has 0 spiro atoms. The van der Waals surface area contributed by atoms with E-state index in [0.29, 0.717) is 39.0 Å². The van der Waals surface area contributed by atoms with Crippen molar-refractivity contribution in [3.05, 3.63) is 65.7 Å². The van der Waals surface area contributed by atoms with Crippen molar-refractivity contribution in [3.8, 4) is 5.75 Å². The normalized spacial score (nSPS) is 14.8. The Bertz CT molecular complexity index is 864. The molecule has 1 heterocycles. The number of rotatable bonds is 8. The molecule has 0 bridgehead atoms. The summed E-state index contributed by atoms with van der Waals surface area (Å²) in [5.41, 5.74) is 2.42. The molecular formula is C27H36N2O3. The zero-order chi connectivity index (χ0) is 23.0. The van der Waals surface area contributed by atoms with E-state index in [1.165, 1.54) is 5.56 Å². The lowest BCUT2D eigenvalue weighted by Crippen LogP contribution is -2.46. The Labute approximate surface area is 192 Å². The van der Waals surface area contributed by atoms with Crippen molar-refractivity contribution in [2.75, 3.05) is 19.7 Å². The van der Waals surface area contributed by atoms with Gasteiger partial charge in [0.25, 0.3) is 0 Å². The van der Waals surface area contributed by atoms with E-state index < -0.39 is 0 Å². The molecule has 1 saturated heterocycles. The van der Waals surface area contributed by atoms with Crippen LogP contribution in [0.15, 0.2) is 54.6 Å². The number of nitrogens with one attached hydrogen (secondary N) is 1. The predicted molar refractivity (Wildman–Crippen MR) is 128 cm³/mol. The van der Waals surface area contributed by atoms with Crippen LogP contribution in [-0.2, 0) is 21.4 Å². The molecule has 1 N–H and O–H groups in total. The van der Waals surface area contributed by atoms with Gasteiger partial charge in [0.1, 0.15) is 5.75 Å². The van der Waals surface area contributed by atoms with Gasteiger partial charge < -0.3 is 15.0 Å². The van der Waals surface area contributed by atoms with Gasteiger partial charge in [0.15, 0.2) is 0 Å². The van der Waals surface area contributed by atoms with Crippen LogP contribution in [0.5, 0.6) is 5.75 Å². The van der Waals surface area contributed by atoms with Crippen molar-refractivity contribution in [3.63, 3.8) is 0 Å². The van der Waals surface area contributed by atoms with Crippen LogP contribution >= 0.6 is 0 Å². The molecule has 172 valence electrons. The first-order valence-corrected chi connectivity index (χ1v) is 11.7. The van der Waals surface area contributed by atoms with Gasteiger partial charge in [-0.1, -0.05) is 63.2 Å². The molecule has 2 amide bonds. The second kappa shape index (κ2) is 11.2. The molecule has 5 nitrogen and oxygen atoms in total. The van der Waals surface area contributed by atoms with Crippen LogP contribution < -0.4 is 10.1 Å². The number of carbonyl (C=O) groups excluding carboxylic acids is 2. The number of benzene rings is 2. The third-order valence-corrected chi connectivity index (χ3v) is 5.94. The lowest BCUT2D eigenvalue weighted by Gasteiger charge is -2.32. The monoisotopic (exact) mass is 436 g/mol. The van der Waals surface area contributed by atoms with Crippen molar-refractivity contribution in [2.45, 2.75) is 64.3 Å². The topological polar surface area (TPSA) is 58.6 Å². The number of amides is 2. The van der Waals surface area contributed by atoms with E-state index in [-0.39, 0.29) is 23.3 Å². The first kappa shape index (κ1) is 23.8. The summed E-state index contributed by atoms with van der Waals surface area (Å²) < 4.78 is 5.80. The van der Waals surface area contributed by atoms with Crippen molar-refractivity contribution in [2.24, 2.45) is 0 Å². The highest BCUT2D eigenvalue weighted by molar-refractivity contribution is 5.79. The molecule has 2 aromatic carbocycles. The van der Waals surface area contributed by atoms with Crippen molar-refractivity contribution < 1.29 is 14.3 Å². The summed E-state index contributed by atoms with van der Waals surface area (Å²) in [4.78, 5) is 26.7. The first-order valence-electron chi connectivity index (χ1n) is 11.7. The van der Waals surface area contributed by atoms with Crippen LogP contribution in [0.4, 0.5) is 0 Å². The fourth-order valence-corrected chi connectivity index (χ4v) is 3.96. The Balaban J connectivity index is 1.31. The minimum atomic E-state index is 0.0497. The zero-order valence-electron chi connectivity index (χ0n) is 19.6. The summed E-state index contributed by atoms with van der Waals surface area (Å²) in [6, 6.07) is 18.1. The molecule has 1 fully saturated rings. The molecule has 3 rings (SSSR count). The van der Waals surface area contributed by atoms with E-state index in [2.05, 4.69) is 38.2 Å². The zero-order valence-corrected chi connectivity index (χ0v) is 19.6. The number of ether oxygens (including phenoxy) is 1. The highest BCUT2D eigenvalue weighted by atomic mass is 16.5. The van der Waals surface area contributed by atoms with Gasteiger partial charge in [-0.15, -0.1) is 0 Å². The average molecular weight is 437 g/mol. The molecule has 32 heavy (non-hydrogen) atoms. The molecule has 0 saturated carbocycles. The molecule has 5 heteroatoms. The van der Waals surface area contributed by atoms with Crippen LogP contribution in [0, 0.1) is 0 Å². The summed E-state index contributed by atoms with van der Waals surface area (Å²) in [5.74, 6) is 1.07. The molecule has 1 aliphatic heterocycles. The third-order valence-electron chi connectivity index (χ3n) is 5.94. The summed E-state index contributed by atoms with van der Waals surface area (Å²) in [5, 5.41) is 3.11. The van der Waals surface area contributed by atoms with E-state index in [0.717, 1.165) is 24.2 Å². The second-order valence-electron chi connectivity index (χ2n) is 9.61. The maximum atomic E-state index is 12.5. The lowest BCUT2D eigenvalue weighted by molar-refractivity contribution is -0.132. The summed E-state index contributed by atoms with van der Waals surface area (Å²) in [6.07, 6.45) is 3.21. The third kappa shape index (κ3) is 7.40. The van der Waals surface area contributed by atoms with Gasteiger partial charge in [0.2, 0.25) is 11.8 Å². The number of carbonyl (C=O) groups is 2. The van der Waals surface area contributed by atoms with Gasteiger partial charge in [-0.3, -0.25) is 9.59 Å². The molecular weight excluding hydrogens is 400 g/mol. The van der Waals surface area contributed by atoms with Crippen LogP contribution in [0.2, 0.25) is 0 Å². The smallest absolute Gasteiger partial charge is 0.224 e. The highest BCUT2D eigenvalue weighted by Gasteiger charge is 2.23. The van der Waals surface area contributed by atoms with Gasteiger partial charge in [0.05, 0.1) is 13.0 Å². The summed E-state index contributed by atoms with van der Waals surface area (Å²) in [7, 11) is 0. The van der Waals surface area contributed by atoms with Crippen molar-refractivity contribution in [1.29, 1.82) is 0 Å². The highest BCUT2D eigenvalue weighted by Crippen LogP contribution is 2.24. The number of likely N-dealkylation sites (tertiary alicyclic amines) is 1. The van der Waals surface area contributed by atoms with Crippen LogP contribution in [0.25, 0.3) is 0 Å². The average Bonchev–Trinajstić information content (AvgIpc) is 2.77. The number of hydrogen-bond acceptors (Lipinski definition) is 3. The van der Waals surface area contributed by atoms with Gasteiger partial charge in [0, 0.05) is 25.6 Å². The maximum absolute atomic E-state index is 12.5. The fraction of sp³-hybridized carbons (Fsp3) is 0.481. The quantitative estimate of drug-likeness (QED) is 0.620. The Kier molecular flexibility index (Phi) is 8.32. The molecule has 0 aromatic heterocycles. The van der Waals surface area contributed by atoms with Crippen LogP contribution in [0.3, 0.4) is 0 Å². The molecule has 0 unspecified atom stereocenters. The second-order valence-corrected chi connectivity index (χ2v) is 9.61.